The van der Waals surface area contributed by atoms with Gasteiger partial charge in [-0.3, -0.25) is 0 Å². The summed E-state index contributed by atoms with van der Waals surface area (Å²) in [7, 11) is 0. The molecule has 0 amide bonds. The molecule has 3 heteroatoms. The molecule has 1 fully saturated rings. The van der Waals surface area contributed by atoms with Crippen LogP contribution >= 0.6 is 0 Å². The van der Waals surface area contributed by atoms with Gasteiger partial charge in [-0.15, -0.1) is 0 Å². The summed E-state index contributed by atoms with van der Waals surface area (Å²) in [4.78, 5) is 10.6. The van der Waals surface area contributed by atoms with E-state index in [1.165, 1.54) is 37.7 Å². The van der Waals surface area contributed by atoms with E-state index in [0.29, 0.717) is 5.92 Å². The van der Waals surface area contributed by atoms with Crippen LogP contribution in [0.4, 0.5) is 4.79 Å². The van der Waals surface area contributed by atoms with Gasteiger partial charge in [-0.1, -0.05) is 43.5 Å². The molecule has 1 aliphatic rings. The fraction of sp³-hybridized carbons (Fsp3) is 0.533. The molecule has 1 aromatic carbocycles. The average Bonchev–Trinajstić information content (AvgIpc) is 2.39. The summed E-state index contributed by atoms with van der Waals surface area (Å²) in [6.07, 6.45) is 4.68. The van der Waals surface area contributed by atoms with Gasteiger partial charge in [0, 0.05) is 0 Å². The Hall–Kier alpha value is -1.51. The van der Waals surface area contributed by atoms with E-state index in [-0.39, 0.29) is 6.10 Å². The van der Waals surface area contributed by atoms with E-state index in [1.54, 1.807) is 6.92 Å². The third-order valence-corrected chi connectivity index (χ3v) is 3.76. The largest absolute Gasteiger partial charge is 0.506 e. The molecule has 0 radical (unpaired) electrons. The molecule has 2 rings (SSSR count). The van der Waals surface area contributed by atoms with E-state index in [4.69, 9.17) is 9.84 Å². The van der Waals surface area contributed by atoms with E-state index < -0.39 is 6.16 Å². The Balaban J connectivity index is 2.21. The van der Waals surface area contributed by atoms with E-state index >= 15 is 0 Å². The predicted octanol–water partition coefficient (Wildman–Crippen LogP) is 4.49. The molecule has 0 heterocycles. The van der Waals surface area contributed by atoms with Gasteiger partial charge in [0.25, 0.3) is 0 Å². The Morgan fingerprint density at radius 3 is 2.61 bits per heavy atom. The van der Waals surface area contributed by atoms with Crippen molar-refractivity contribution >= 4 is 6.16 Å². The van der Waals surface area contributed by atoms with Crippen molar-refractivity contribution in [3.63, 3.8) is 0 Å². The number of hydrogen-bond donors (Lipinski definition) is 1. The number of benzene rings is 1. The van der Waals surface area contributed by atoms with E-state index in [9.17, 15) is 4.79 Å². The van der Waals surface area contributed by atoms with Gasteiger partial charge >= 0.3 is 6.16 Å². The average molecular weight is 248 g/mol. The highest BCUT2D eigenvalue weighted by Gasteiger charge is 2.21. The highest BCUT2D eigenvalue weighted by Crippen LogP contribution is 2.36. The maximum Gasteiger partial charge on any atom is 0.506 e. The Morgan fingerprint density at radius 2 is 1.94 bits per heavy atom. The van der Waals surface area contributed by atoms with Crippen LogP contribution in [-0.2, 0) is 4.74 Å². The fourth-order valence-corrected chi connectivity index (χ4v) is 2.88. The molecule has 98 valence electrons. The predicted molar refractivity (Wildman–Crippen MR) is 69.8 cm³/mol. The summed E-state index contributed by atoms with van der Waals surface area (Å²) >= 11 is 0. The molecule has 0 saturated heterocycles. The van der Waals surface area contributed by atoms with E-state index in [2.05, 4.69) is 6.07 Å². The molecule has 1 N–H and O–H groups in total. The second-order valence-corrected chi connectivity index (χ2v) is 4.99. The lowest BCUT2D eigenvalue weighted by Crippen LogP contribution is -2.12. The monoisotopic (exact) mass is 248 g/mol. The van der Waals surface area contributed by atoms with Gasteiger partial charge in [-0.25, -0.2) is 4.79 Å². The first-order valence-corrected chi connectivity index (χ1v) is 6.67. The van der Waals surface area contributed by atoms with Gasteiger partial charge < -0.3 is 9.84 Å². The van der Waals surface area contributed by atoms with Crippen LogP contribution in [-0.4, -0.2) is 11.3 Å². The van der Waals surface area contributed by atoms with Crippen molar-refractivity contribution < 1.29 is 14.6 Å². The molecule has 1 aliphatic carbocycles. The molecule has 1 unspecified atom stereocenters. The van der Waals surface area contributed by atoms with Crippen LogP contribution in [0, 0.1) is 0 Å². The minimum Gasteiger partial charge on any atom is -0.450 e. The van der Waals surface area contributed by atoms with Crippen molar-refractivity contribution in [2.45, 2.75) is 51.0 Å². The molecule has 0 aromatic heterocycles. The topological polar surface area (TPSA) is 46.5 Å². The first-order valence-electron chi connectivity index (χ1n) is 6.67. The van der Waals surface area contributed by atoms with Crippen LogP contribution in [0.5, 0.6) is 0 Å². The molecule has 1 aromatic rings. The maximum absolute atomic E-state index is 10.6. The van der Waals surface area contributed by atoms with Crippen LogP contribution in [0.3, 0.4) is 0 Å². The smallest absolute Gasteiger partial charge is 0.450 e. The number of carbonyl (C=O) groups is 1. The lowest BCUT2D eigenvalue weighted by atomic mass is 9.81. The Labute approximate surface area is 108 Å². The van der Waals surface area contributed by atoms with Crippen molar-refractivity contribution in [2.24, 2.45) is 0 Å². The molecular weight excluding hydrogens is 228 g/mol. The van der Waals surface area contributed by atoms with Crippen molar-refractivity contribution in [3.05, 3.63) is 35.4 Å². The highest BCUT2D eigenvalue weighted by molar-refractivity contribution is 5.57. The summed E-state index contributed by atoms with van der Waals surface area (Å²) < 4.78 is 4.88. The van der Waals surface area contributed by atoms with Crippen LogP contribution in [0.1, 0.15) is 62.2 Å². The zero-order valence-electron chi connectivity index (χ0n) is 10.8. The molecule has 0 spiro atoms. The van der Waals surface area contributed by atoms with E-state index in [0.717, 1.165) is 5.56 Å². The van der Waals surface area contributed by atoms with Gasteiger partial charge in [0.1, 0.15) is 6.10 Å². The second-order valence-electron chi connectivity index (χ2n) is 4.99. The highest BCUT2D eigenvalue weighted by atomic mass is 16.7. The van der Waals surface area contributed by atoms with Crippen LogP contribution < -0.4 is 0 Å². The van der Waals surface area contributed by atoms with Gasteiger partial charge in [-0.05, 0) is 36.8 Å². The Kier molecular flexibility index (Phi) is 4.24. The summed E-state index contributed by atoms with van der Waals surface area (Å²) in [5.41, 5.74) is 2.29. The molecule has 18 heavy (non-hydrogen) atoms. The first-order chi connectivity index (χ1) is 8.68. The third kappa shape index (κ3) is 3.03. The van der Waals surface area contributed by atoms with Crippen LogP contribution in [0.2, 0.25) is 0 Å². The number of ether oxygens (including phenoxy) is 1. The minimum atomic E-state index is -1.21. The second kappa shape index (κ2) is 5.89. The Morgan fingerprint density at radius 1 is 1.28 bits per heavy atom. The zero-order chi connectivity index (χ0) is 13.0. The standard InChI is InChI=1S/C15H20O3/c1-11(18-15(16)17)13-9-5-6-10-14(13)12-7-3-2-4-8-12/h5-6,9-12H,2-4,7-8H2,1H3,(H,16,17). The van der Waals surface area contributed by atoms with Gasteiger partial charge in [0.2, 0.25) is 0 Å². The maximum atomic E-state index is 10.6. The molecule has 1 saturated carbocycles. The summed E-state index contributed by atoms with van der Waals surface area (Å²) in [6, 6.07) is 8.08. The van der Waals surface area contributed by atoms with Gasteiger partial charge in [0.15, 0.2) is 0 Å². The first kappa shape index (κ1) is 12.9. The molecule has 0 bridgehead atoms. The quantitative estimate of drug-likeness (QED) is 0.801. The van der Waals surface area contributed by atoms with Crippen LogP contribution in [0.15, 0.2) is 24.3 Å². The third-order valence-electron chi connectivity index (χ3n) is 3.76. The van der Waals surface area contributed by atoms with E-state index in [1.807, 2.05) is 18.2 Å². The Bertz CT molecular complexity index is 408. The lowest BCUT2D eigenvalue weighted by molar-refractivity contribution is 0.0582. The molecular formula is C15H20O3. The van der Waals surface area contributed by atoms with Crippen molar-refractivity contribution in [1.29, 1.82) is 0 Å². The normalized spacial score (nSPS) is 18.3. The molecule has 3 nitrogen and oxygen atoms in total. The number of carboxylic acid groups (broad SMARTS) is 1. The number of rotatable bonds is 3. The molecule has 1 atom stereocenters. The zero-order valence-corrected chi connectivity index (χ0v) is 10.8. The van der Waals surface area contributed by atoms with Gasteiger partial charge in [-0.2, -0.15) is 0 Å². The van der Waals surface area contributed by atoms with Crippen molar-refractivity contribution in [1.82, 2.24) is 0 Å². The SMILES string of the molecule is CC(OC(=O)O)c1ccccc1C1CCCCC1. The van der Waals surface area contributed by atoms with Crippen molar-refractivity contribution in [2.75, 3.05) is 0 Å². The molecule has 0 aliphatic heterocycles. The number of hydrogen-bond acceptors (Lipinski definition) is 2. The minimum absolute atomic E-state index is 0.388. The summed E-state index contributed by atoms with van der Waals surface area (Å²) in [5.74, 6) is 0.565. The van der Waals surface area contributed by atoms with Gasteiger partial charge in [0.05, 0.1) is 0 Å². The van der Waals surface area contributed by atoms with Crippen LogP contribution in [0.25, 0.3) is 0 Å². The fourth-order valence-electron chi connectivity index (χ4n) is 2.88. The lowest BCUT2D eigenvalue weighted by Gasteiger charge is -2.26. The van der Waals surface area contributed by atoms with Crippen molar-refractivity contribution in [3.8, 4) is 0 Å². The summed E-state index contributed by atoms with van der Waals surface area (Å²) in [6.45, 7) is 1.80. The summed E-state index contributed by atoms with van der Waals surface area (Å²) in [5, 5.41) is 8.72.